The lowest BCUT2D eigenvalue weighted by atomic mass is 10.0. The molecule has 0 aromatic heterocycles. The van der Waals surface area contributed by atoms with Gasteiger partial charge in [-0.3, -0.25) is 0 Å². The van der Waals surface area contributed by atoms with Crippen LogP contribution >= 0.6 is 0 Å². The number of halogens is 1. The van der Waals surface area contributed by atoms with Gasteiger partial charge in [-0.15, -0.1) is 0 Å². The van der Waals surface area contributed by atoms with Crippen LogP contribution < -0.4 is 10.5 Å². The second-order valence-corrected chi connectivity index (χ2v) is 3.61. The Hall–Kier alpha value is -1.09. The summed E-state index contributed by atoms with van der Waals surface area (Å²) in [5, 5.41) is 0. The van der Waals surface area contributed by atoms with E-state index in [0.29, 0.717) is 12.2 Å². The molecule has 0 fully saturated rings. The molecule has 3 heteroatoms. The summed E-state index contributed by atoms with van der Waals surface area (Å²) >= 11 is 0. The van der Waals surface area contributed by atoms with Gasteiger partial charge in [0.1, 0.15) is 0 Å². The Morgan fingerprint density at radius 3 is 2.57 bits per heavy atom. The molecule has 1 aromatic rings. The summed E-state index contributed by atoms with van der Waals surface area (Å²) in [6, 6.07) is 3.43. The van der Waals surface area contributed by atoms with E-state index in [4.69, 9.17) is 10.5 Å². The molecule has 0 aliphatic heterocycles. The van der Waals surface area contributed by atoms with E-state index in [0.717, 1.165) is 11.1 Å². The maximum absolute atomic E-state index is 13.4. The standard InChI is InChI=1S/C11H16FNO/c1-7-4-9(5-8(2)13)6-10(12)11(7)14-3/h4,6,8H,5,13H2,1-3H3. The summed E-state index contributed by atoms with van der Waals surface area (Å²) in [5.41, 5.74) is 7.36. The van der Waals surface area contributed by atoms with Crippen LogP contribution in [0.3, 0.4) is 0 Å². The van der Waals surface area contributed by atoms with Crippen molar-refractivity contribution in [2.45, 2.75) is 26.3 Å². The molecule has 0 spiro atoms. The minimum absolute atomic E-state index is 0.0437. The average molecular weight is 197 g/mol. The molecule has 1 atom stereocenters. The number of benzene rings is 1. The van der Waals surface area contributed by atoms with Crippen molar-refractivity contribution in [2.75, 3.05) is 7.11 Å². The number of ether oxygens (including phenoxy) is 1. The van der Waals surface area contributed by atoms with Crippen LogP contribution in [0.25, 0.3) is 0 Å². The predicted octanol–water partition coefficient (Wildman–Crippen LogP) is 2.03. The molecule has 1 aromatic carbocycles. The van der Waals surface area contributed by atoms with Crippen LogP contribution in [-0.2, 0) is 6.42 Å². The van der Waals surface area contributed by atoms with Crippen LogP contribution in [-0.4, -0.2) is 13.2 Å². The third-order valence-electron chi connectivity index (χ3n) is 2.05. The first-order valence-electron chi connectivity index (χ1n) is 4.63. The molecule has 78 valence electrons. The van der Waals surface area contributed by atoms with Crippen molar-refractivity contribution >= 4 is 0 Å². The topological polar surface area (TPSA) is 35.2 Å². The summed E-state index contributed by atoms with van der Waals surface area (Å²) in [5.74, 6) is 0.00146. The molecule has 0 saturated carbocycles. The Balaban J connectivity index is 3.01. The Morgan fingerprint density at radius 2 is 2.14 bits per heavy atom. The van der Waals surface area contributed by atoms with Crippen LogP contribution in [0, 0.1) is 12.7 Å². The van der Waals surface area contributed by atoms with Gasteiger partial charge in [0, 0.05) is 6.04 Å². The number of aryl methyl sites for hydroxylation is 1. The minimum Gasteiger partial charge on any atom is -0.493 e. The van der Waals surface area contributed by atoms with E-state index in [1.54, 1.807) is 0 Å². The zero-order chi connectivity index (χ0) is 10.7. The van der Waals surface area contributed by atoms with Gasteiger partial charge in [0.05, 0.1) is 7.11 Å². The monoisotopic (exact) mass is 197 g/mol. The van der Waals surface area contributed by atoms with Crippen LogP contribution in [0.4, 0.5) is 4.39 Å². The van der Waals surface area contributed by atoms with E-state index < -0.39 is 0 Å². The van der Waals surface area contributed by atoms with Crippen molar-refractivity contribution in [3.05, 3.63) is 29.1 Å². The van der Waals surface area contributed by atoms with Gasteiger partial charge in [-0.05, 0) is 37.5 Å². The van der Waals surface area contributed by atoms with E-state index >= 15 is 0 Å². The smallest absolute Gasteiger partial charge is 0.165 e. The molecule has 0 amide bonds. The fourth-order valence-corrected chi connectivity index (χ4v) is 1.55. The van der Waals surface area contributed by atoms with Gasteiger partial charge in [0.25, 0.3) is 0 Å². The average Bonchev–Trinajstić information content (AvgIpc) is 2.01. The SMILES string of the molecule is COc1c(C)cc(CC(C)N)cc1F. The van der Waals surface area contributed by atoms with E-state index in [1.165, 1.54) is 13.2 Å². The van der Waals surface area contributed by atoms with Gasteiger partial charge in [-0.25, -0.2) is 4.39 Å². The molecule has 2 nitrogen and oxygen atoms in total. The van der Waals surface area contributed by atoms with Gasteiger partial charge >= 0.3 is 0 Å². The first-order chi connectivity index (χ1) is 6.54. The summed E-state index contributed by atoms with van der Waals surface area (Å²) in [6.45, 7) is 3.73. The van der Waals surface area contributed by atoms with Crippen molar-refractivity contribution in [2.24, 2.45) is 5.73 Å². The van der Waals surface area contributed by atoms with Crippen molar-refractivity contribution in [1.29, 1.82) is 0 Å². The number of hydrogen-bond acceptors (Lipinski definition) is 2. The van der Waals surface area contributed by atoms with Crippen LogP contribution in [0.2, 0.25) is 0 Å². The summed E-state index contributed by atoms with van der Waals surface area (Å²) in [6.07, 6.45) is 0.682. The van der Waals surface area contributed by atoms with Crippen LogP contribution in [0.1, 0.15) is 18.1 Å². The first-order valence-corrected chi connectivity index (χ1v) is 4.63. The van der Waals surface area contributed by atoms with Gasteiger partial charge in [-0.1, -0.05) is 6.07 Å². The highest BCUT2D eigenvalue weighted by Crippen LogP contribution is 2.23. The lowest BCUT2D eigenvalue weighted by molar-refractivity contribution is 0.383. The van der Waals surface area contributed by atoms with Gasteiger partial charge in [0.2, 0.25) is 0 Å². The Bertz CT molecular complexity index is 300. The van der Waals surface area contributed by atoms with E-state index in [1.807, 2.05) is 19.9 Å². The molecule has 0 heterocycles. The predicted molar refractivity (Wildman–Crippen MR) is 55.0 cm³/mol. The summed E-state index contributed by atoms with van der Waals surface area (Å²) in [4.78, 5) is 0. The molecule has 0 saturated heterocycles. The van der Waals surface area contributed by atoms with Gasteiger partial charge in [-0.2, -0.15) is 0 Å². The zero-order valence-corrected chi connectivity index (χ0v) is 8.80. The highest BCUT2D eigenvalue weighted by atomic mass is 19.1. The number of rotatable bonds is 3. The number of hydrogen-bond donors (Lipinski definition) is 1. The fourth-order valence-electron chi connectivity index (χ4n) is 1.55. The van der Waals surface area contributed by atoms with E-state index in [9.17, 15) is 4.39 Å². The van der Waals surface area contributed by atoms with Crippen molar-refractivity contribution in [3.63, 3.8) is 0 Å². The van der Waals surface area contributed by atoms with Crippen LogP contribution in [0.5, 0.6) is 5.75 Å². The van der Waals surface area contributed by atoms with Crippen LogP contribution in [0.15, 0.2) is 12.1 Å². The third-order valence-corrected chi connectivity index (χ3v) is 2.05. The fraction of sp³-hybridized carbons (Fsp3) is 0.455. The lowest BCUT2D eigenvalue weighted by Gasteiger charge is -2.10. The lowest BCUT2D eigenvalue weighted by Crippen LogP contribution is -2.18. The molecule has 1 unspecified atom stereocenters. The second kappa shape index (κ2) is 4.42. The highest BCUT2D eigenvalue weighted by Gasteiger charge is 2.08. The zero-order valence-electron chi connectivity index (χ0n) is 8.80. The maximum atomic E-state index is 13.4. The highest BCUT2D eigenvalue weighted by molar-refractivity contribution is 5.38. The molecule has 0 radical (unpaired) electrons. The van der Waals surface area contributed by atoms with Crippen molar-refractivity contribution < 1.29 is 9.13 Å². The van der Waals surface area contributed by atoms with E-state index in [2.05, 4.69) is 0 Å². The summed E-state index contributed by atoms with van der Waals surface area (Å²) < 4.78 is 18.3. The second-order valence-electron chi connectivity index (χ2n) is 3.61. The maximum Gasteiger partial charge on any atom is 0.165 e. The largest absolute Gasteiger partial charge is 0.493 e. The Morgan fingerprint density at radius 1 is 1.50 bits per heavy atom. The minimum atomic E-state index is -0.317. The summed E-state index contributed by atoms with van der Waals surface area (Å²) in [7, 11) is 1.47. The quantitative estimate of drug-likeness (QED) is 0.804. The molecule has 0 aliphatic carbocycles. The van der Waals surface area contributed by atoms with Crippen molar-refractivity contribution in [3.8, 4) is 5.75 Å². The van der Waals surface area contributed by atoms with Gasteiger partial charge < -0.3 is 10.5 Å². The molecule has 2 N–H and O–H groups in total. The molecule has 1 rings (SSSR count). The molecular formula is C11H16FNO. The molecule has 0 bridgehead atoms. The molecule has 14 heavy (non-hydrogen) atoms. The Kier molecular flexibility index (Phi) is 3.47. The molecular weight excluding hydrogens is 181 g/mol. The van der Waals surface area contributed by atoms with Crippen molar-refractivity contribution in [1.82, 2.24) is 0 Å². The molecule has 0 aliphatic rings. The van der Waals surface area contributed by atoms with E-state index in [-0.39, 0.29) is 11.9 Å². The Labute approximate surface area is 83.9 Å². The number of nitrogens with two attached hydrogens (primary N) is 1. The number of methoxy groups -OCH3 is 1. The first kappa shape index (κ1) is 11.0. The normalized spacial score (nSPS) is 12.6. The third kappa shape index (κ3) is 2.45. The van der Waals surface area contributed by atoms with Gasteiger partial charge in [0.15, 0.2) is 11.6 Å².